The van der Waals surface area contributed by atoms with Gasteiger partial charge in [0.1, 0.15) is 5.82 Å². The third kappa shape index (κ3) is 3.82. The monoisotopic (exact) mass is 293 g/mol. The van der Waals surface area contributed by atoms with Gasteiger partial charge in [0.25, 0.3) is 0 Å². The van der Waals surface area contributed by atoms with E-state index in [9.17, 15) is 9.18 Å². The average Bonchev–Trinajstić information content (AvgIpc) is 2.49. The molecule has 0 saturated heterocycles. The number of hydrogen-bond acceptors (Lipinski definition) is 3. The number of halogens is 1. The van der Waals surface area contributed by atoms with Gasteiger partial charge in [0.05, 0.1) is 13.0 Å². The Hall–Kier alpha value is -1.42. The van der Waals surface area contributed by atoms with E-state index in [-0.39, 0.29) is 23.7 Å². The molecule has 0 radical (unpaired) electrons. The summed E-state index contributed by atoms with van der Waals surface area (Å²) in [6.07, 6.45) is 2.16. The highest BCUT2D eigenvalue weighted by Crippen LogP contribution is 2.34. The Bertz CT molecular complexity index is 474. The minimum Gasteiger partial charge on any atom is -0.469 e. The lowest BCUT2D eigenvalue weighted by Gasteiger charge is -2.39. The molecule has 21 heavy (non-hydrogen) atoms. The summed E-state index contributed by atoms with van der Waals surface area (Å²) in [5.41, 5.74) is 1.02. The van der Waals surface area contributed by atoms with Crippen LogP contribution in [0.5, 0.6) is 0 Å². The fraction of sp³-hybridized carbons (Fsp3) is 0.588. The van der Waals surface area contributed by atoms with Crippen molar-refractivity contribution in [1.29, 1.82) is 0 Å². The largest absolute Gasteiger partial charge is 0.469 e. The van der Waals surface area contributed by atoms with Crippen LogP contribution in [-0.2, 0) is 16.1 Å². The van der Waals surface area contributed by atoms with Crippen molar-refractivity contribution in [2.24, 2.45) is 17.8 Å². The first-order chi connectivity index (χ1) is 10.0. The third-order valence-corrected chi connectivity index (χ3v) is 4.62. The van der Waals surface area contributed by atoms with Crippen LogP contribution in [0.1, 0.15) is 32.3 Å². The van der Waals surface area contributed by atoms with Crippen molar-refractivity contribution >= 4 is 5.97 Å². The Balaban J connectivity index is 2.06. The van der Waals surface area contributed by atoms with E-state index < -0.39 is 0 Å². The molecule has 0 aromatic heterocycles. The second-order valence-electron chi connectivity index (χ2n) is 6.11. The molecule has 1 aromatic rings. The van der Waals surface area contributed by atoms with Crippen LogP contribution in [-0.4, -0.2) is 19.1 Å². The maximum Gasteiger partial charge on any atom is 0.310 e. The minimum atomic E-state index is -0.231. The van der Waals surface area contributed by atoms with Crippen molar-refractivity contribution in [2.45, 2.75) is 39.3 Å². The molecule has 0 spiro atoms. The van der Waals surface area contributed by atoms with Crippen LogP contribution in [0.15, 0.2) is 24.3 Å². The van der Waals surface area contributed by atoms with Crippen molar-refractivity contribution in [3.63, 3.8) is 0 Å². The lowest BCUT2D eigenvalue weighted by molar-refractivity contribution is -0.150. The topological polar surface area (TPSA) is 38.3 Å². The Kier molecular flexibility index (Phi) is 5.34. The lowest BCUT2D eigenvalue weighted by Crippen LogP contribution is -2.50. The van der Waals surface area contributed by atoms with Gasteiger partial charge in [-0.2, -0.15) is 0 Å². The maximum atomic E-state index is 12.9. The summed E-state index contributed by atoms with van der Waals surface area (Å²) >= 11 is 0. The molecule has 1 aromatic carbocycles. The summed E-state index contributed by atoms with van der Waals surface area (Å²) < 4.78 is 17.9. The van der Waals surface area contributed by atoms with Crippen LogP contribution in [0.3, 0.4) is 0 Å². The molecule has 1 fully saturated rings. The molecular weight excluding hydrogens is 269 g/mol. The van der Waals surface area contributed by atoms with E-state index in [1.54, 1.807) is 12.1 Å². The lowest BCUT2D eigenvalue weighted by atomic mass is 9.71. The SMILES string of the molecule is COC(=O)C1C(C)CCC(C)C1NCc1ccc(F)cc1. The van der Waals surface area contributed by atoms with Crippen LogP contribution in [0.2, 0.25) is 0 Å². The molecule has 1 aliphatic rings. The minimum absolute atomic E-state index is 0.103. The first kappa shape index (κ1) is 16.0. The standard InChI is InChI=1S/C17H24FNO2/c1-11-4-5-12(2)16(15(11)17(20)21-3)19-10-13-6-8-14(18)9-7-13/h6-9,11-12,15-16,19H,4-5,10H2,1-3H3. The number of carbonyl (C=O) groups is 1. The van der Waals surface area contributed by atoms with Gasteiger partial charge in [-0.15, -0.1) is 0 Å². The molecular formula is C17H24FNO2. The predicted molar refractivity (Wildman–Crippen MR) is 80.1 cm³/mol. The quantitative estimate of drug-likeness (QED) is 0.867. The van der Waals surface area contributed by atoms with Gasteiger partial charge < -0.3 is 10.1 Å². The van der Waals surface area contributed by atoms with Crippen molar-refractivity contribution in [2.75, 3.05) is 7.11 Å². The highest BCUT2D eigenvalue weighted by Gasteiger charge is 2.40. The van der Waals surface area contributed by atoms with Crippen LogP contribution >= 0.6 is 0 Å². The van der Waals surface area contributed by atoms with E-state index in [0.717, 1.165) is 18.4 Å². The summed E-state index contributed by atoms with van der Waals surface area (Å²) in [4.78, 5) is 12.1. The van der Waals surface area contributed by atoms with E-state index in [0.29, 0.717) is 18.4 Å². The second-order valence-corrected chi connectivity index (χ2v) is 6.11. The predicted octanol–water partition coefficient (Wildman–Crippen LogP) is 3.14. The third-order valence-electron chi connectivity index (χ3n) is 4.62. The van der Waals surface area contributed by atoms with Crippen molar-refractivity contribution in [3.8, 4) is 0 Å². The molecule has 3 nitrogen and oxygen atoms in total. The summed E-state index contributed by atoms with van der Waals surface area (Å²) in [5.74, 6) is 0.265. The first-order valence-corrected chi connectivity index (χ1v) is 7.58. The van der Waals surface area contributed by atoms with Crippen molar-refractivity contribution < 1.29 is 13.9 Å². The summed E-state index contributed by atoms with van der Waals surface area (Å²) in [5, 5.41) is 3.48. The van der Waals surface area contributed by atoms with Crippen molar-refractivity contribution in [1.82, 2.24) is 5.32 Å². The first-order valence-electron chi connectivity index (χ1n) is 7.58. The molecule has 0 amide bonds. The molecule has 4 heteroatoms. The number of rotatable bonds is 4. The fourth-order valence-corrected chi connectivity index (χ4v) is 3.27. The van der Waals surface area contributed by atoms with E-state index >= 15 is 0 Å². The Labute approximate surface area is 125 Å². The summed E-state index contributed by atoms with van der Waals surface area (Å²) in [6, 6.07) is 6.56. The zero-order valence-corrected chi connectivity index (χ0v) is 12.9. The Morgan fingerprint density at radius 2 is 1.86 bits per heavy atom. The molecule has 4 atom stereocenters. The number of nitrogens with one attached hydrogen (secondary N) is 1. The van der Waals surface area contributed by atoms with Gasteiger partial charge in [0.15, 0.2) is 0 Å². The molecule has 0 heterocycles. The van der Waals surface area contributed by atoms with Crippen LogP contribution in [0, 0.1) is 23.6 Å². The van der Waals surface area contributed by atoms with Crippen molar-refractivity contribution in [3.05, 3.63) is 35.6 Å². The Morgan fingerprint density at radius 1 is 1.24 bits per heavy atom. The number of methoxy groups -OCH3 is 1. The van der Waals surface area contributed by atoms with Gasteiger partial charge in [0, 0.05) is 12.6 Å². The van der Waals surface area contributed by atoms with E-state index in [4.69, 9.17) is 4.74 Å². The molecule has 4 unspecified atom stereocenters. The zero-order chi connectivity index (χ0) is 15.4. The van der Waals surface area contributed by atoms with E-state index in [2.05, 4.69) is 19.2 Å². The molecule has 1 saturated carbocycles. The van der Waals surface area contributed by atoms with Crippen LogP contribution < -0.4 is 5.32 Å². The molecule has 2 rings (SSSR count). The Morgan fingerprint density at radius 3 is 2.48 bits per heavy atom. The van der Waals surface area contributed by atoms with Gasteiger partial charge in [-0.25, -0.2) is 4.39 Å². The van der Waals surface area contributed by atoms with E-state index in [1.165, 1.54) is 19.2 Å². The fourth-order valence-electron chi connectivity index (χ4n) is 3.27. The molecule has 116 valence electrons. The number of benzene rings is 1. The smallest absolute Gasteiger partial charge is 0.310 e. The van der Waals surface area contributed by atoms with Crippen LogP contribution in [0.25, 0.3) is 0 Å². The van der Waals surface area contributed by atoms with E-state index in [1.807, 2.05) is 0 Å². The van der Waals surface area contributed by atoms with Gasteiger partial charge in [-0.3, -0.25) is 4.79 Å². The summed E-state index contributed by atoms with van der Waals surface area (Å²) in [7, 11) is 1.45. The highest BCUT2D eigenvalue weighted by molar-refractivity contribution is 5.73. The van der Waals surface area contributed by atoms with Gasteiger partial charge >= 0.3 is 5.97 Å². The summed E-state index contributed by atoms with van der Waals surface area (Å²) in [6.45, 7) is 4.92. The highest BCUT2D eigenvalue weighted by atomic mass is 19.1. The van der Waals surface area contributed by atoms with Gasteiger partial charge in [-0.1, -0.05) is 26.0 Å². The van der Waals surface area contributed by atoms with Gasteiger partial charge in [0.2, 0.25) is 0 Å². The number of esters is 1. The number of ether oxygens (including phenoxy) is 1. The second kappa shape index (κ2) is 7.03. The molecule has 1 N–H and O–H groups in total. The maximum absolute atomic E-state index is 12.9. The number of hydrogen-bond donors (Lipinski definition) is 1. The normalized spacial score (nSPS) is 29.1. The average molecular weight is 293 g/mol. The van der Waals surface area contributed by atoms with Crippen LogP contribution in [0.4, 0.5) is 4.39 Å². The van der Waals surface area contributed by atoms with Gasteiger partial charge in [-0.05, 0) is 42.4 Å². The molecule has 1 aliphatic carbocycles. The molecule has 0 aliphatic heterocycles. The number of carbonyl (C=O) groups excluding carboxylic acids is 1. The zero-order valence-electron chi connectivity index (χ0n) is 12.9. The molecule has 0 bridgehead atoms.